The zero-order chi connectivity index (χ0) is 16.1. The van der Waals surface area contributed by atoms with E-state index in [1.807, 2.05) is 41.1 Å². The lowest BCUT2D eigenvalue weighted by molar-refractivity contribution is -0.120. The van der Waals surface area contributed by atoms with Crippen molar-refractivity contribution >= 4 is 33.2 Å². The molecule has 0 spiro atoms. The van der Waals surface area contributed by atoms with Gasteiger partial charge >= 0.3 is 0 Å². The SMILES string of the molecule is O=C(Cc1ccc(Br)cc1)NCc1nccnc1-c1ccsc1. The third-order valence-electron chi connectivity index (χ3n) is 3.30. The fraction of sp³-hybridized carbons (Fsp3) is 0.118. The number of carbonyl (C=O) groups excluding carboxylic acids is 1. The molecule has 116 valence electrons. The Morgan fingerprint density at radius 2 is 1.91 bits per heavy atom. The van der Waals surface area contributed by atoms with Gasteiger partial charge < -0.3 is 5.32 Å². The van der Waals surface area contributed by atoms with Crippen molar-refractivity contribution in [3.05, 3.63) is 69.2 Å². The Bertz CT molecular complexity index is 788. The average molecular weight is 388 g/mol. The van der Waals surface area contributed by atoms with Gasteiger partial charge in [-0.2, -0.15) is 11.3 Å². The van der Waals surface area contributed by atoms with Crippen LogP contribution in [0.2, 0.25) is 0 Å². The van der Waals surface area contributed by atoms with Crippen LogP contribution < -0.4 is 5.32 Å². The lowest BCUT2D eigenvalue weighted by Crippen LogP contribution is -2.25. The van der Waals surface area contributed by atoms with E-state index in [0.717, 1.165) is 27.0 Å². The van der Waals surface area contributed by atoms with Crippen molar-refractivity contribution < 1.29 is 4.79 Å². The summed E-state index contributed by atoms with van der Waals surface area (Å²) in [4.78, 5) is 20.8. The molecule has 3 rings (SSSR count). The third kappa shape index (κ3) is 4.24. The van der Waals surface area contributed by atoms with Gasteiger partial charge in [-0.3, -0.25) is 14.8 Å². The van der Waals surface area contributed by atoms with Crippen LogP contribution in [0.1, 0.15) is 11.3 Å². The second-order valence-electron chi connectivity index (χ2n) is 4.94. The quantitative estimate of drug-likeness (QED) is 0.723. The number of hydrogen-bond acceptors (Lipinski definition) is 4. The predicted octanol–water partition coefficient (Wildman–Crippen LogP) is 3.83. The molecule has 1 aromatic carbocycles. The van der Waals surface area contributed by atoms with Gasteiger partial charge in [0, 0.05) is 27.8 Å². The second kappa shape index (κ2) is 7.48. The fourth-order valence-corrected chi connectivity index (χ4v) is 3.07. The summed E-state index contributed by atoms with van der Waals surface area (Å²) < 4.78 is 1.00. The van der Waals surface area contributed by atoms with E-state index in [1.165, 1.54) is 0 Å². The van der Waals surface area contributed by atoms with Crippen LogP contribution >= 0.6 is 27.3 Å². The van der Waals surface area contributed by atoms with Crippen molar-refractivity contribution in [1.29, 1.82) is 0 Å². The molecular formula is C17H14BrN3OS. The van der Waals surface area contributed by atoms with E-state index in [-0.39, 0.29) is 5.91 Å². The molecule has 1 N–H and O–H groups in total. The molecule has 23 heavy (non-hydrogen) atoms. The van der Waals surface area contributed by atoms with Gasteiger partial charge in [0.1, 0.15) is 0 Å². The first-order valence-electron chi connectivity index (χ1n) is 7.06. The van der Waals surface area contributed by atoms with E-state index in [9.17, 15) is 4.79 Å². The fourth-order valence-electron chi connectivity index (χ4n) is 2.17. The number of halogens is 1. The van der Waals surface area contributed by atoms with Gasteiger partial charge in [-0.25, -0.2) is 0 Å². The molecule has 0 aliphatic rings. The number of nitrogens with zero attached hydrogens (tertiary/aromatic N) is 2. The number of hydrogen-bond donors (Lipinski definition) is 1. The number of carbonyl (C=O) groups is 1. The zero-order valence-corrected chi connectivity index (χ0v) is 14.6. The highest BCUT2D eigenvalue weighted by atomic mass is 79.9. The molecule has 6 heteroatoms. The van der Waals surface area contributed by atoms with Gasteiger partial charge in [0.2, 0.25) is 5.91 Å². The van der Waals surface area contributed by atoms with E-state index >= 15 is 0 Å². The summed E-state index contributed by atoms with van der Waals surface area (Å²) in [7, 11) is 0. The molecule has 0 saturated carbocycles. The van der Waals surface area contributed by atoms with Crippen LogP contribution in [0.3, 0.4) is 0 Å². The van der Waals surface area contributed by atoms with Crippen molar-refractivity contribution in [2.45, 2.75) is 13.0 Å². The van der Waals surface area contributed by atoms with Gasteiger partial charge in [-0.1, -0.05) is 28.1 Å². The van der Waals surface area contributed by atoms with Gasteiger partial charge in [0.15, 0.2) is 0 Å². The van der Waals surface area contributed by atoms with Crippen LogP contribution in [-0.2, 0) is 17.8 Å². The van der Waals surface area contributed by atoms with Crippen LogP contribution in [0.25, 0.3) is 11.3 Å². The molecule has 0 saturated heterocycles. The summed E-state index contributed by atoms with van der Waals surface area (Å²) in [6, 6.07) is 9.73. The second-order valence-corrected chi connectivity index (χ2v) is 6.64. The highest BCUT2D eigenvalue weighted by Crippen LogP contribution is 2.22. The standard InChI is InChI=1S/C17H14BrN3OS/c18-14-3-1-12(2-4-14)9-16(22)21-10-15-17(20-7-6-19-15)13-5-8-23-11-13/h1-8,11H,9-10H2,(H,21,22). The molecule has 3 aromatic rings. The molecule has 0 bridgehead atoms. The van der Waals surface area contributed by atoms with E-state index in [1.54, 1.807) is 23.7 Å². The van der Waals surface area contributed by atoms with Crippen molar-refractivity contribution in [2.75, 3.05) is 0 Å². The molecule has 0 atom stereocenters. The van der Waals surface area contributed by atoms with Crippen molar-refractivity contribution in [1.82, 2.24) is 15.3 Å². The summed E-state index contributed by atoms with van der Waals surface area (Å²) in [5, 5.41) is 6.94. The molecule has 0 aliphatic heterocycles. The molecule has 2 aromatic heterocycles. The van der Waals surface area contributed by atoms with Crippen LogP contribution in [0.15, 0.2) is 58.0 Å². The van der Waals surface area contributed by atoms with Crippen LogP contribution in [-0.4, -0.2) is 15.9 Å². The minimum Gasteiger partial charge on any atom is -0.350 e. The van der Waals surface area contributed by atoms with Crippen LogP contribution in [0, 0.1) is 0 Å². The van der Waals surface area contributed by atoms with Crippen molar-refractivity contribution in [2.24, 2.45) is 0 Å². The molecule has 0 radical (unpaired) electrons. The smallest absolute Gasteiger partial charge is 0.224 e. The normalized spacial score (nSPS) is 10.5. The van der Waals surface area contributed by atoms with Crippen LogP contribution in [0.5, 0.6) is 0 Å². The molecule has 2 heterocycles. The Labute approximate surface area is 146 Å². The maximum absolute atomic E-state index is 12.1. The van der Waals surface area contributed by atoms with Gasteiger partial charge in [-0.15, -0.1) is 0 Å². The maximum atomic E-state index is 12.1. The summed E-state index contributed by atoms with van der Waals surface area (Å²) in [5.74, 6) is -0.0331. The monoisotopic (exact) mass is 387 g/mol. The molecule has 0 unspecified atom stereocenters. The Morgan fingerprint density at radius 1 is 1.13 bits per heavy atom. The Morgan fingerprint density at radius 3 is 2.65 bits per heavy atom. The highest BCUT2D eigenvalue weighted by molar-refractivity contribution is 9.10. The lowest BCUT2D eigenvalue weighted by atomic mass is 10.1. The van der Waals surface area contributed by atoms with E-state index < -0.39 is 0 Å². The van der Waals surface area contributed by atoms with Crippen LogP contribution in [0.4, 0.5) is 0 Å². The average Bonchev–Trinajstić information content (AvgIpc) is 3.10. The number of amides is 1. The third-order valence-corrected chi connectivity index (χ3v) is 4.51. The summed E-state index contributed by atoms with van der Waals surface area (Å²) in [6.07, 6.45) is 3.66. The van der Waals surface area contributed by atoms with Gasteiger partial charge in [-0.05, 0) is 29.1 Å². The Balaban J connectivity index is 1.64. The Hall–Kier alpha value is -2.05. The molecular weight excluding hydrogens is 374 g/mol. The van der Waals surface area contributed by atoms with Gasteiger partial charge in [0.05, 0.1) is 24.4 Å². The number of thiophene rings is 1. The number of rotatable bonds is 5. The molecule has 0 fully saturated rings. The first kappa shape index (κ1) is 15.8. The minimum atomic E-state index is -0.0331. The van der Waals surface area contributed by atoms with E-state index in [4.69, 9.17) is 0 Å². The lowest BCUT2D eigenvalue weighted by Gasteiger charge is -2.08. The number of aromatic nitrogens is 2. The highest BCUT2D eigenvalue weighted by Gasteiger charge is 2.10. The zero-order valence-electron chi connectivity index (χ0n) is 12.2. The summed E-state index contributed by atoms with van der Waals surface area (Å²) in [6.45, 7) is 0.369. The number of nitrogens with one attached hydrogen (secondary N) is 1. The number of benzene rings is 1. The first-order valence-corrected chi connectivity index (χ1v) is 8.79. The van der Waals surface area contributed by atoms with Gasteiger partial charge in [0.25, 0.3) is 0 Å². The maximum Gasteiger partial charge on any atom is 0.224 e. The largest absolute Gasteiger partial charge is 0.350 e. The van der Waals surface area contributed by atoms with Crippen molar-refractivity contribution in [3.8, 4) is 11.3 Å². The summed E-state index contributed by atoms with van der Waals surface area (Å²) >= 11 is 5.00. The topological polar surface area (TPSA) is 54.9 Å². The molecule has 4 nitrogen and oxygen atoms in total. The van der Waals surface area contributed by atoms with E-state index in [2.05, 4.69) is 31.2 Å². The Kier molecular flexibility index (Phi) is 5.15. The van der Waals surface area contributed by atoms with Crippen molar-refractivity contribution in [3.63, 3.8) is 0 Å². The predicted molar refractivity (Wildman–Crippen MR) is 95.0 cm³/mol. The van der Waals surface area contributed by atoms with E-state index in [0.29, 0.717) is 13.0 Å². The first-order chi connectivity index (χ1) is 11.2. The molecule has 0 aliphatic carbocycles. The summed E-state index contributed by atoms with van der Waals surface area (Å²) in [5.41, 5.74) is 3.59. The molecule has 1 amide bonds. The minimum absolute atomic E-state index is 0.0331.